The fraction of sp³-hybridized carbons (Fsp3) is 0.235. The normalized spacial score (nSPS) is 11.7. The maximum Gasteiger partial charge on any atom is 0.236 e. The van der Waals surface area contributed by atoms with Crippen LogP contribution in [-0.4, -0.2) is 18.4 Å². The summed E-state index contributed by atoms with van der Waals surface area (Å²) >= 11 is 0. The predicted octanol–water partition coefficient (Wildman–Crippen LogP) is 3.38. The third-order valence-corrected chi connectivity index (χ3v) is 4.88. The van der Waals surface area contributed by atoms with Gasteiger partial charge in [-0.05, 0) is 30.7 Å². The van der Waals surface area contributed by atoms with Crippen molar-refractivity contribution in [2.24, 2.45) is 0 Å². The molecule has 120 valence electrons. The van der Waals surface area contributed by atoms with Crippen molar-refractivity contribution in [3.8, 4) is 0 Å². The van der Waals surface area contributed by atoms with Crippen LogP contribution in [0.25, 0.3) is 11.0 Å². The number of hydrogen-bond donors (Lipinski definition) is 2. The highest BCUT2D eigenvalue weighted by molar-refractivity contribution is 7.91. The molecular weight excluding hydrogens is 310 g/mol. The van der Waals surface area contributed by atoms with Gasteiger partial charge >= 0.3 is 0 Å². The second kappa shape index (κ2) is 6.04. The van der Waals surface area contributed by atoms with E-state index >= 15 is 0 Å². The molecule has 0 spiro atoms. The van der Waals surface area contributed by atoms with Gasteiger partial charge in [-0.3, -0.25) is 4.72 Å². The van der Waals surface area contributed by atoms with Crippen molar-refractivity contribution in [1.82, 2.24) is 9.97 Å². The molecule has 23 heavy (non-hydrogen) atoms. The number of sulfonamides is 1. The Morgan fingerprint density at radius 3 is 2.57 bits per heavy atom. The van der Waals surface area contributed by atoms with Crippen molar-refractivity contribution in [2.75, 3.05) is 4.72 Å². The molecule has 6 heteroatoms. The van der Waals surface area contributed by atoms with E-state index in [4.69, 9.17) is 0 Å². The number of imidazole rings is 1. The molecule has 0 amide bonds. The van der Waals surface area contributed by atoms with Crippen LogP contribution in [0.3, 0.4) is 0 Å². The summed E-state index contributed by atoms with van der Waals surface area (Å²) < 4.78 is 27.3. The van der Waals surface area contributed by atoms with E-state index in [9.17, 15) is 8.42 Å². The Morgan fingerprint density at radius 1 is 1.13 bits per heavy atom. The van der Waals surface area contributed by atoms with Crippen LogP contribution in [0.15, 0.2) is 42.5 Å². The molecule has 0 saturated carbocycles. The largest absolute Gasteiger partial charge is 0.342 e. The van der Waals surface area contributed by atoms with Crippen molar-refractivity contribution >= 4 is 26.7 Å². The quantitative estimate of drug-likeness (QED) is 0.753. The Labute approximate surface area is 135 Å². The highest BCUT2D eigenvalue weighted by Crippen LogP contribution is 2.19. The van der Waals surface area contributed by atoms with Crippen LogP contribution in [-0.2, 0) is 22.2 Å². The van der Waals surface area contributed by atoms with Gasteiger partial charge in [0.05, 0.1) is 22.5 Å². The van der Waals surface area contributed by atoms with Crippen LogP contribution in [0.4, 0.5) is 5.69 Å². The summed E-state index contributed by atoms with van der Waals surface area (Å²) in [6.45, 7) is 3.99. The molecule has 0 radical (unpaired) electrons. The number of nitrogens with one attached hydrogen (secondary N) is 2. The highest BCUT2D eigenvalue weighted by Gasteiger charge is 2.12. The molecule has 1 heterocycles. The van der Waals surface area contributed by atoms with Crippen LogP contribution in [0, 0.1) is 6.92 Å². The lowest BCUT2D eigenvalue weighted by atomic mass is 10.2. The summed E-state index contributed by atoms with van der Waals surface area (Å²) in [5.41, 5.74) is 4.08. The van der Waals surface area contributed by atoms with Crippen molar-refractivity contribution in [3.05, 3.63) is 59.4 Å². The molecule has 0 fully saturated rings. The van der Waals surface area contributed by atoms with Crippen LogP contribution in [0.1, 0.15) is 23.9 Å². The third-order valence-electron chi connectivity index (χ3n) is 3.62. The molecule has 0 aliphatic rings. The molecule has 2 N–H and O–H groups in total. The molecule has 3 rings (SSSR count). The number of H-pyrrole nitrogens is 1. The van der Waals surface area contributed by atoms with E-state index in [0.717, 1.165) is 34.4 Å². The zero-order valence-corrected chi connectivity index (χ0v) is 13.9. The van der Waals surface area contributed by atoms with Gasteiger partial charge < -0.3 is 4.98 Å². The molecule has 1 aromatic heterocycles. The summed E-state index contributed by atoms with van der Waals surface area (Å²) in [4.78, 5) is 7.59. The standard InChI is InChI=1S/C17H19N3O2S/c1-3-17-18-15-9-8-14(10-16(15)19-17)20-23(21,22)11-13-6-4-12(2)5-7-13/h4-10,20H,3,11H2,1-2H3,(H,18,19). The highest BCUT2D eigenvalue weighted by atomic mass is 32.2. The molecule has 0 aliphatic carbocycles. The van der Waals surface area contributed by atoms with Gasteiger partial charge in [0.1, 0.15) is 5.82 Å². The second-order valence-electron chi connectivity index (χ2n) is 5.62. The fourth-order valence-corrected chi connectivity index (χ4v) is 3.60. The van der Waals surface area contributed by atoms with E-state index in [-0.39, 0.29) is 5.75 Å². The minimum Gasteiger partial charge on any atom is -0.342 e. The molecule has 5 nitrogen and oxygen atoms in total. The first kappa shape index (κ1) is 15.6. The first-order valence-electron chi connectivity index (χ1n) is 7.50. The molecule has 0 atom stereocenters. The molecule has 0 unspecified atom stereocenters. The topological polar surface area (TPSA) is 74.8 Å². The number of fused-ring (bicyclic) bond motifs is 1. The Kier molecular flexibility index (Phi) is 4.09. The average molecular weight is 329 g/mol. The van der Waals surface area contributed by atoms with E-state index in [1.165, 1.54) is 0 Å². The van der Waals surface area contributed by atoms with Crippen molar-refractivity contribution in [3.63, 3.8) is 0 Å². The smallest absolute Gasteiger partial charge is 0.236 e. The maximum absolute atomic E-state index is 12.3. The van der Waals surface area contributed by atoms with Gasteiger partial charge in [0.2, 0.25) is 10.0 Å². The summed E-state index contributed by atoms with van der Waals surface area (Å²) in [5.74, 6) is 0.841. The summed E-state index contributed by atoms with van der Waals surface area (Å²) in [6.07, 6.45) is 0.809. The number of rotatable bonds is 5. The van der Waals surface area contributed by atoms with Gasteiger partial charge in [-0.25, -0.2) is 13.4 Å². The number of aromatic nitrogens is 2. The van der Waals surface area contributed by atoms with Crippen LogP contribution < -0.4 is 4.72 Å². The monoisotopic (exact) mass is 329 g/mol. The van der Waals surface area contributed by atoms with Crippen molar-refractivity contribution < 1.29 is 8.42 Å². The van der Waals surface area contributed by atoms with E-state index in [0.29, 0.717) is 5.69 Å². The third kappa shape index (κ3) is 3.71. The van der Waals surface area contributed by atoms with E-state index < -0.39 is 10.0 Å². The molecule has 0 aliphatic heterocycles. The lowest BCUT2D eigenvalue weighted by Crippen LogP contribution is -2.15. The zero-order chi connectivity index (χ0) is 16.4. The molecule has 3 aromatic rings. The minimum absolute atomic E-state index is 0.0471. The number of anilines is 1. The summed E-state index contributed by atoms with van der Waals surface area (Å²) in [7, 11) is -3.45. The minimum atomic E-state index is -3.45. The average Bonchev–Trinajstić information content (AvgIpc) is 2.91. The van der Waals surface area contributed by atoms with Crippen LogP contribution in [0.2, 0.25) is 0 Å². The maximum atomic E-state index is 12.3. The van der Waals surface area contributed by atoms with Gasteiger partial charge in [-0.15, -0.1) is 0 Å². The number of nitrogens with zero attached hydrogens (tertiary/aromatic N) is 1. The summed E-state index contributed by atoms with van der Waals surface area (Å²) in [5, 5.41) is 0. The SMILES string of the molecule is CCc1nc2ccc(NS(=O)(=O)Cc3ccc(C)cc3)cc2[nH]1. The Bertz CT molecular complexity index is 928. The van der Waals surface area contributed by atoms with E-state index in [1.54, 1.807) is 12.1 Å². The number of benzene rings is 2. The first-order chi connectivity index (χ1) is 10.9. The van der Waals surface area contributed by atoms with Gasteiger partial charge in [0.15, 0.2) is 0 Å². The Hall–Kier alpha value is -2.34. The number of aromatic amines is 1. The fourth-order valence-electron chi connectivity index (χ4n) is 2.41. The molecule has 0 saturated heterocycles. The van der Waals surface area contributed by atoms with Gasteiger partial charge in [0, 0.05) is 6.42 Å². The number of aryl methyl sites for hydroxylation is 2. The van der Waals surface area contributed by atoms with Crippen molar-refractivity contribution in [1.29, 1.82) is 0 Å². The lowest BCUT2D eigenvalue weighted by Gasteiger charge is -2.08. The van der Waals surface area contributed by atoms with Gasteiger partial charge in [-0.2, -0.15) is 0 Å². The molecular formula is C17H19N3O2S. The Morgan fingerprint density at radius 2 is 1.87 bits per heavy atom. The van der Waals surface area contributed by atoms with E-state index in [1.807, 2.05) is 44.2 Å². The van der Waals surface area contributed by atoms with Crippen molar-refractivity contribution in [2.45, 2.75) is 26.0 Å². The zero-order valence-electron chi connectivity index (χ0n) is 13.1. The van der Waals surface area contributed by atoms with Gasteiger partial charge in [-0.1, -0.05) is 36.8 Å². The van der Waals surface area contributed by atoms with E-state index in [2.05, 4.69) is 14.7 Å². The summed E-state index contributed by atoms with van der Waals surface area (Å²) in [6, 6.07) is 12.8. The first-order valence-corrected chi connectivity index (χ1v) is 9.15. The molecule has 2 aromatic carbocycles. The molecule has 0 bridgehead atoms. The lowest BCUT2D eigenvalue weighted by molar-refractivity contribution is 0.600. The Balaban J connectivity index is 1.80. The van der Waals surface area contributed by atoms with Crippen LogP contribution in [0.5, 0.6) is 0 Å². The number of hydrogen-bond acceptors (Lipinski definition) is 3. The predicted molar refractivity (Wildman–Crippen MR) is 92.9 cm³/mol. The van der Waals surface area contributed by atoms with Crippen LogP contribution >= 0.6 is 0 Å². The van der Waals surface area contributed by atoms with Gasteiger partial charge in [0.25, 0.3) is 0 Å². The second-order valence-corrected chi connectivity index (χ2v) is 7.34.